The lowest BCUT2D eigenvalue weighted by Gasteiger charge is -2.17. The van der Waals surface area contributed by atoms with Crippen LogP contribution in [0.15, 0.2) is 24.3 Å². The maximum atomic E-state index is 5.85. The predicted octanol–water partition coefficient (Wildman–Crippen LogP) is 2.77. The molecule has 17 heavy (non-hydrogen) atoms. The molecular weight excluding hydrogens is 208 g/mol. The molecule has 3 N–H and O–H groups in total. The van der Waals surface area contributed by atoms with Gasteiger partial charge in [0.2, 0.25) is 0 Å². The highest BCUT2D eigenvalue weighted by Crippen LogP contribution is 2.33. The van der Waals surface area contributed by atoms with Gasteiger partial charge in [0.05, 0.1) is 0 Å². The smallest absolute Gasteiger partial charge is 0.0444 e. The molecule has 2 heteroatoms. The monoisotopic (exact) mass is 232 g/mol. The molecule has 0 saturated heterocycles. The van der Waals surface area contributed by atoms with Crippen molar-refractivity contribution in [1.29, 1.82) is 0 Å². The van der Waals surface area contributed by atoms with Crippen molar-refractivity contribution in [2.75, 3.05) is 13.1 Å². The van der Waals surface area contributed by atoms with Crippen LogP contribution < -0.4 is 11.1 Å². The van der Waals surface area contributed by atoms with Gasteiger partial charge in [-0.25, -0.2) is 0 Å². The number of rotatable bonds is 7. The van der Waals surface area contributed by atoms with Crippen molar-refractivity contribution in [2.45, 2.75) is 38.6 Å². The molecule has 1 aromatic carbocycles. The van der Waals surface area contributed by atoms with Gasteiger partial charge in [-0.1, -0.05) is 42.7 Å². The first kappa shape index (κ1) is 12.6. The van der Waals surface area contributed by atoms with Crippen LogP contribution in [0.25, 0.3) is 0 Å². The third-order valence-electron chi connectivity index (χ3n) is 3.56. The van der Waals surface area contributed by atoms with E-state index >= 15 is 0 Å². The number of hydrogen-bond acceptors (Lipinski definition) is 2. The number of benzene rings is 1. The maximum Gasteiger partial charge on any atom is 0.0444 e. The summed E-state index contributed by atoms with van der Waals surface area (Å²) in [6, 6.07) is 8.95. The lowest BCUT2D eigenvalue weighted by molar-refractivity contribution is 0.512. The van der Waals surface area contributed by atoms with Gasteiger partial charge in [-0.05, 0) is 37.8 Å². The Morgan fingerprint density at radius 2 is 2.24 bits per heavy atom. The van der Waals surface area contributed by atoms with Gasteiger partial charge in [0.1, 0.15) is 0 Å². The van der Waals surface area contributed by atoms with Crippen LogP contribution in [0.3, 0.4) is 0 Å². The van der Waals surface area contributed by atoms with E-state index in [2.05, 4.69) is 36.5 Å². The Labute approximate surface area is 105 Å². The third kappa shape index (κ3) is 4.14. The Kier molecular flexibility index (Phi) is 4.57. The average molecular weight is 232 g/mol. The van der Waals surface area contributed by atoms with Crippen molar-refractivity contribution in [3.63, 3.8) is 0 Å². The molecule has 0 amide bonds. The second kappa shape index (κ2) is 6.18. The Hall–Kier alpha value is -0.860. The van der Waals surface area contributed by atoms with Crippen molar-refractivity contribution in [3.05, 3.63) is 35.4 Å². The largest absolute Gasteiger partial charge is 0.329 e. The minimum atomic E-state index is 0.314. The molecule has 0 aliphatic heterocycles. The van der Waals surface area contributed by atoms with E-state index in [0.29, 0.717) is 12.6 Å². The fraction of sp³-hybridized carbons (Fsp3) is 0.600. The van der Waals surface area contributed by atoms with Crippen LogP contribution in [0.2, 0.25) is 0 Å². The van der Waals surface area contributed by atoms with E-state index in [-0.39, 0.29) is 0 Å². The van der Waals surface area contributed by atoms with Crippen molar-refractivity contribution >= 4 is 0 Å². The molecule has 1 aliphatic rings. The molecule has 0 heterocycles. The van der Waals surface area contributed by atoms with Crippen LogP contribution >= 0.6 is 0 Å². The number of aryl methyl sites for hydroxylation is 1. The lowest BCUT2D eigenvalue weighted by atomic mass is 10.0. The number of nitrogens with one attached hydrogen (secondary N) is 1. The van der Waals surface area contributed by atoms with Crippen LogP contribution in [-0.4, -0.2) is 13.1 Å². The molecule has 0 spiro atoms. The molecule has 2 rings (SSSR count). The van der Waals surface area contributed by atoms with Crippen molar-refractivity contribution in [3.8, 4) is 0 Å². The molecule has 1 aromatic rings. The minimum absolute atomic E-state index is 0.314. The zero-order valence-electron chi connectivity index (χ0n) is 10.8. The summed E-state index contributed by atoms with van der Waals surface area (Å²) in [5.41, 5.74) is 8.47. The highest BCUT2D eigenvalue weighted by atomic mass is 14.9. The Morgan fingerprint density at radius 1 is 1.41 bits per heavy atom. The molecule has 2 nitrogen and oxygen atoms in total. The zero-order chi connectivity index (χ0) is 12.1. The van der Waals surface area contributed by atoms with Crippen LogP contribution in [-0.2, 0) is 0 Å². The molecule has 0 aromatic heterocycles. The molecule has 0 bridgehead atoms. The Balaban J connectivity index is 1.78. The lowest BCUT2D eigenvalue weighted by Crippen LogP contribution is -2.29. The summed E-state index contributed by atoms with van der Waals surface area (Å²) in [7, 11) is 0. The Bertz CT molecular complexity index is 345. The van der Waals surface area contributed by atoms with E-state index in [1.807, 2.05) is 0 Å². The van der Waals surface area contributed by atoms with Crippen molar-refractivity contribution < 1.29 is 0 Å². The highest BCUT2D eigenvalue weighted by Gasteiger charge is 2.20. The van der Waals surface area contributed by atoms with Gasteiger partial charge in [0, 0.05) is 12.6 Å². The summed E-state index contributed by atoms with van der Waals surface area (Å²) in [5.74, 6) is 1.03. The Morgan fingerprint density at radius 3 is 2.88 bits per heavy atom. The first-order chi connectivity index (χ1) is 8.29. The van der Waals surface area contributed by atoms with Gasteiger partial charge in [-0.15, -0.1) is 0 Å². The third-order valence-corrected chi connectivity index (χ3v) is 3.56. The van der Waals surface area contributed by atoms with Gasteiger partial charge < -0.3 is 11.1 Å². The van der Waals surface area contributed by atoms with E-state index in [1.165, 1.54) is 36.8 Å². The quantitative estimate of drug-likeness (QED) is 0.709. The summed E-state index contributed by atoms with van der Waals surface area (Å²) in [5, 5.41) is 3.57. The number of nitrogens with two attached hydrogens (primary N) is 1. The fourth-order valence-corrected chi connectivity index (χ4v) is 2.30. The molecule has 0 radical (unpaired) electrons. The van der Waals surface area contributed by atoms with E-state index < -0.39 is 0 Å². The van der Waals surface area contributed by atoms with E-state index in [9.17, 15) is 0 Å². The first-order valence-electron chi connectivity index (χ1n) is 6.79. The SMILES string of the molecule is Cc1cccc(C(CN)NCCCC2CC2)c1. The maximum absolute atomic E-state index is 5.85. The first-order valence-corrected chi connectivity index (χ1v) is 6.79. The van der Waals surface area contributed by atoms with E-state index in [4.69, 9.17) is 5.73 Å². The van der Waals surface area contributed by atoms with Crippen LogP contribution in [0.1, 0.15) is 42.9 Å². The normalized spacial score (nSPS) is 17.1. The van der Waals surface area contributed by atoms with Crippen LogP contribution in [0, 0.1) is 12.8 Å². The molecule has 1 fully saturated rings. The second-order valence-corrected chi connectivity index (χ2v) is 5.24. The van der Waals surface area contributed by atoms with Crippen LogP contribution in [0.4, 0.5) is 0 Å². The number of hydrogen-bond donors (Lipinski definition) is 2. The fourth-order valence-electron chi connectivity index (χ4n) is 2.30. The molecular formula is C15H24N2. The minimum Gasteiger partial charge on any atom is -0.329 e. The topological polar surface area (TPSA) is 38.0 Å². The molecule has 1 atom stereocenters. The van der Waals surface area contributed by atoms with Gasteiger partial charge in [0.15, 0.2) is 0 Å². The van der Waals surface area contributed by atoms with Gasteiger partial charge >= 0.3 is 0 Å². The van der Waals surface area contributed by atoms with Crippen LogP contribution in [0.5, 0.6) is 0 Å². The molecule has 1 unspecified atom stereocenters. The predicted molar refractivity (Wildman–Crippen MR) is 72.9 cm³/mol. The molecule has 94 valence electrons. The van der Waals surface area contributed by atoms with Crippen molar-refractivity contribution in [1.82, 2.24) is 5.32 Å². The molecule has 1 saturated carbocycles. The summed E-state index contributed by atoms with van der Waals surface area (Å²) < 4.78 is 0. The summed E-state index contributed by atoms with van der Waals surface area (Å²) in [6.07, 6.45) is 5.58. The van der Waals surface area contributed by atoms with E-state index in [1.54, 1.807) is 0 Å². The second-order valence-electron chi connectivity index (χ2n) is 5.24. The van der Waals surface area contributed by atoms with Gasteiger partial charge in [0.25, 0.3) is 0 Å². The molecule has 1 aliphatic carbocycles. The standard InChI is InChI=1S/C15H24N2/c1-12-4-2-6-14(10-12)15(11-16)17-9-3-5-13-7-8-13/h2,4,6,10,13,15,17H,3,5,7-9,11,16H2,1H3. The highest BCUT2D eigenvalue weighted by molar-refractivity contribution is 5.25. The van der Waals surface area contributed by atoms with Crippen molar-refractivity contribution in [2.24, 2.45) is 11.7 Å². The zero-order valence-corrected chi connectivity index (χ0v) is 10.8. The summed E-state index contributed by atoms with van der Waals surface area (Å²) >= 11 is 0. The van der Waals surface area contributed by atoms with E-state index in [0.717, 1.165) is 12.5 Å². The summed E-state index contributed by atoms with van der Waals surface area (Å²) in [4.78, 5) is 0. The summed E-state index contributed by atoms with van der Waals surface area (Å²) in [6.45, 7) is 3.89. The van der Waals surface area contributed by atoms with Gasteiger partial charge in [-0.3, -0.25) is 0 Å². The van der Waals surface area contributed by atoms with Gasteiger partial charge in [-0.2, -0.15) is 0 Å². The average Bonchev–Trinajstić information content (AvgIpc) is 3.13.